The van der Waals surface area contributed by atoms with Crippen LogP contribution in [0, 0.1) is 5.92 Å². The Morgan fingerprint density at radius 3 is 2.65 bits per heavy atom. The Bertz CT molecular complexity index is 453. The molecule has 6 heteroatoms. The van der Waals surface area contributed by atoms with Crippen LogP contribution in [0.4, 0.5) is 0 Å². The van der Waals surface area contributed by atoms with Crippen LogP contribution in [0.3, 0.4) is 0 Å². The molecular formula is C11H16N2O3S. The molecule has 0 aromatic carbocycles. The molecule has 0 spiro atoms. The average Bonchev–Trinajstić information content (AvgIpc) is 2.40. The molecule has 1 aliphatic rings. The molecule has 1 fully saturated rings. The number of aliphatic hydroxyl groups excluding tert-OH is 1. The van der Waals surface area contributed by atoms with Crippen molar-refractivity contribution in [2.24, 2.45) is 5.92 Å². The highest BCUT2D eigenvalue weighted by Gasteiger charge is 2.28. The van der Waals surface area contributed by atoms with Crippen LogP contribution in [0.2, 0.25) is 0 Å². The van der Waals surface area contributed by atoms with Crippen LogP contribution in [0.15, 0.2) is 29.4 Å². The molecule has 2 heterocycles. The van der Waals surface area contributed by atoms with Gasteiger partial charge in [-0.15, -0.1) is 0 Å². The first kappa shape index (κ1) is 12.5. The Morgan fingerprint density at radius 2 is 2.12 bits per heavy atom. The van der Waals surface area contributed by atoms with E-state index in [9.17, 15) is 8.42 Å². The molecule has 94 valence electrons. The molecule has 2 rings (SSSR count). The number of rotatable bonds is 3. The van der Waals surface area contributed by atoms with Crippen molar-refractivity contribution in [1.29, 1.82) is 0 Å². The lowest BCUT2D eigenvalue weighted by Crippen LogP contribution is -2.39. The minimum atomic E-state index is -3.40. The number of hydrogen-bond acceptors (Lipinski definition) is 4. The lowest BCUT2D eigenvalue weighted by molar-refractivity contribution is 0.170. The summed E-state index contributed by atoms with van der Waals surface area (Å²) in [6, 6.07) is 3.17. The number of hydrogen-bond donors (Lipinski definition) is 1. The van der Waals surface area contributed by atoms with Gasteiger partial charge < -0.3 is 5.11 Å². The Balaban J connectivity index is 2.13. The molecule has 1 saturated heterocycles. The smallest absolute Gasteiger partial charge is 0.244 e. The molecule has 0 aliphatic carbocycles. The Kier molecular flexibility index (Phi) is 3.76. The maximum Gasteiger partial charge on any atom is 0.244 e. The van der Waals surface area contributed by atoms with Gasteiger partial charge in [-0.05, 0) is 30.9 Å². The van der Waals surface area contributed by atoms with Crippen LogP contribution >= 0.6 is 0 Å². The van der Waals surface area contributed by atoms with Crippen LogP contribution in [0.5, 0.6) is 0 Å². The second-order valence-electron chi connectivity index (χ2n) is 4.22. The van der Waals surface area contributed by atoms with E-state index in [4.69, 9.17) is 5.11 Å². The topological polar surface area (TPSA) is 70.5 Å². The van der Waals surface area contributed by atoms with E-state index >= 15 is 0 Å². The molecule has 0 unspecified atom stereocenters. The zero-order valence-corrected chi connectivity index (χ0v) is 10.3. The number of pyridine rings is 1. The number of sulfonamides is 1. The summed E-state index contributed by atoms with van der Waals surface area (Å²) in [5.74, 6) is 0.232. The van der Waals surface area contributed by atoms with Gasteiger partial charge in [-0.3, -0.25) is 4.98 Å². The van der Waals surface area contributed by atoms with Gasteiger partial charge in [0.25, 0.3) is 0 Å². The van der Waals surface area contributed by atoms with E-state index in [-0.39, 0.29) is 17.4 Å². The van der Waals surface area contributed by atoms with Gasteiger partial charge >= 0.3 is 0 Å². The van der Waals surface area contributed by atoms with Crippen molar-refractivity contribution in [1.82, 2.24) is 9.29 Å². The van der Waals surface area contributed by atoms with Gasteiger partial charge in [-0.25, -0.2) is 8.42 Å². The Morgan fingerprint density at radius 1 is 1.41 bits per heavy atom. The molecule has 0 atom stereocenters. The molecule has 5 nitrogen and oxygen atoms in total. The summed E-state index contributed by atoms with van der Waals surface area (Å²) in [6.45, 7) is 1.09. The number of aromatic nitrogens is 1. The van der Waals surface area contributed by atoms with Gasteiger partial charge in [0, 0.05) is 32.1 Å². The minimum Gasteiger partial charge on any atom is -0.396 e. The van der Waals surface area contributed by atoms with E-state index < -0.39 is 10.0 Å². The summed E-state index contributed by atoms with van der Waals surface area (Å²) in [5, 5.41) is 9.02. The minimum absolute atomic E-state index is 0.140. The van der Waals surface area contributed by atoms with E-state index in [1.807, 2.05) is 0 Å². The van der Waals surface area contributed by atoms with Crippen LogP contribution in [-0.4, -0.2) is 42.5 Å². The van der Waals surface area contributed by atoms with Gasteiger partial charge in [-0.1, -0.05) is 0 Å². The number of aliphatic hydroxyl groups is 1. The summed E-state index contributed by atoms with van der Waals surface area (Å²) in [4.78, 5) is 4.07. The molecule has 0 radical (unpaired) electrons. The quantitative estimate of drug-likeness (QED) is 0.853. The van der Waals surface area contributed by atoms with Crippen molar-refractivity contribution in [2.45, 2.75) is 17.7 Å². The highest BCUT2D eigenvalue weighted by Crippen LogP contribution is 2.22. The first-order valence-electron chi connectivity index (χ1n) is 5.65. The van der Waals surface area contributed by atoms with Crippen molar-refractivity contribution < 1.29 is 13.5 Å². The first-order chi connectivity index (χ1) is 8.14. The lowest BCUT2D eigenvalue weighted by Gasteiger charge is -2.30. The monoisotopic (exact) mass is 256 g/mol. The largest absolute Gasteiger partial charge is 0.396 e. The fourth-order valence-electron chi connectivity index (χ4n) is 1.98. The molecule has 1 aromatic heterocycles. The maximum atomic E-state index is 12.2. The zero-order valence-electron chi connectivity index (χ0n) is 9.49. The highest BCUT2D eigenvalue weighted by atomic mass is 32.2. The summed E-state index contributed by atoms with van der Waals surface area (Å²) in [7, 11) is -3.40. The lowest BCUT2D eigenvalue weighted by atomic mass is 10.00. The predicted molar refractivity (Wildman–Crippen MR) is 62.8 cm³/mol. The van der Waals surface area contributed by atoms with Crippen molar-refractivity contribution in [3.63, 3.8) is 0 Å². The summed E-state index contributed by atoms with van der Waals surface area (Å²) in [5.41, 5.74) is 0. The van der Waals surface area contributed by atoms with Crippen LogP contribution in [0.25, 0.3) is 0 Å². The third-order valence-corrected chi connectivity index (χ3v) is 4.99. The molecule has 0 amide bonds. The van der Waals surface area contributed by atoms with Crippen LogP contribution in [0.1, 0.15) is 12.8 Å². The molecule has 0 saturated carbocycles. The van der Waals surface area contributed by atoms with E-state index in [1.54, 1.807) is 18.3 Å². The molecule has 1 N–H and O–H groups in total. The molecule has 1 aromatic rings. The van der Waals surface area contributed by atoms with Gasteiger partial charge in [0.2, 0.25) is 10.0 Å². The molecule has 0 bridgehead atoms. The van der Waals surface area contributed by atoms with Gasteiger partial charge in [0.1, 0.15) is 4.90 Å². The molecule has 17 heavy (non-hydrogen) atoms. The summed E-state index contributed by atoms with van der Waals surface area (Å²) in [6.07, 6.45) is 4.36. The van der Waals surface area contributed by atoms with Gasteiger partial charge in [-0.2, -0.15) is 4.31 Å². The normalized spacial score (nSPS) is 19.4. The van der Waals surface area contributed by atoms with E-state index in [0.29, 0.717) is 13.1 Å². The number of piperidine rings is 1. The first-order valence-corrected chi connectivity index (χ1v) is 7.09. The van der Waals surface area contributed by atoms with E-state index in [1.165, 1.54) is 10.5 Å². The van der Waals surface area contributed by atoms with Gasteiger partial charge in [0.05, 0.1) is 0 Å². The molecular weight excluding hydrogens is 240 g/mol. The maximum absolute atomic E-state index is 12.2. The number of nitrogens with zero attached hydrogens (tertiary/aromatic N) is 2. The Labute approximate surface area is 101 Å². The SMILES string of the molecule is O=S(=O)(c1cccnc1)N1CCC(CO)CC1. The highest BCUT2D eigenvalue weighted by molar-refractivity contribution is 7.89. The standard InChI is InChI=1S/C11H16N2O3S/c14-9-10-3-6-13(7-4-10)17(15,16)11-2-1-5-12-8-11/h1-2,5,8,10,14H,3-4,6-7,9H2. The summed E-state index contributed by atoms with van der Waals surface area (Å²) < 4.78 is 25.9. The summed E-state index contributed by atoms with van der Waals surface area (Å²) >= 11 is 0. The van der Waals surface area contributed by atoms with Crippen molar-refractivity contribution >= 4 is 10.0 Å². The van der Waals surface area contributed by atoms with Gasteiger partial charge in [0.15, 0.2) is 0 Å². The fourth-order valence-corrected chi connectivity index (χ4v) is 3.42. The predicted octanol–water partition coefficient (Wildman–Crippen LogP) is 0.475. The fraction of sp³-hybridized carbons (Fsp3) is 0.545. The van der Waals surface area contributed by atoms with Crippen molar-refractivity contribution in [2.75, 3.05) is 19.7 Å². The Hall–Kier alpha value is -0.980. The zero-order chi connectivity index (χ0) is 12.3. The van der Waals surface area contributed by atoms with Crippen molar-refractivity contribution in [3.05, 3.63) is 24.5 Å². The molecule has 1 aliphatic heterocycles. The van der Waals surface area contributed by atoms with E-state index in [0.717, 1.165) is 12.8 Å². The van der Waals surface area contributed by atoms with Crippen LogP contribution < -0.4 is 0 Å². The third-order valence-electron chi connectivity index (χ3n) is 3.10. The van der Waals surface area contributed by atoms with Crippen LogP contribution in [-0.2, 0) is 10.0 Å². The second kappa shape index (κ2) is 5.12. The van der Waals surface area contributed by atoms with E-state index in [2.05, 4.69) is 4.98 Å². The second-order valence-corrected chi connectivity index (χ2v) is 6.16. The average molecular weight is 256 g/mol. The third kappa shape index (κ3) is 2.65. The van der Waals surface area contributed by atoms with Crippen molar-refractivity contribution in [3.8, 4) is 0 Å².